The molecule has 0 bridgehead atoms. The Morgan fingerprint density at radius 2 is 1.59 bits per heavy atom. The molecule has 2 rings (SSSR count). The first kappa shape index (κ1) is 22.3. The van der Waals surface area contributed by atoms with Crippen LogP contribution in [0.2, 0.25) is 0 Å². The zero-order chi connectivity index (χ0) is 21.8. The zero-order valence-corrected chi connectivity index (χ0v) is 17.3. The number of hydrogen-bond acceptors (Lipinski definition) is 6. The Kier molecular flexibility index (Phi) is 6.89. The van der Waals surface area contributed by atoms with Crippen LogP contribution in [0, 0.1) is 6.92 Å². The summed E-state index contributed by atoms with van der Waals surface area (Å²) < 4.78 is 31.9. The van der Waals surface area contributed by atoms with Gasteiger partial charge in [0.15, 0.2) is 5.78 Å². The largest absolute Gasteiger partial charge is 0.465 e. The summed E-state index contributed by atoms with van der Waals surface area (Å²) in [6, 6.07) is 8.99. The van der Waals surface area contributed by atoms with E-state index in [1.165, 1.54) is 51.3 Å². The topological polar surface area (TPSA) is 119 Å². The van der Waals surface area contributed by atoms with Crippen LogP contribution in [0.15, 0.2) is 47.4 Å². The van der Waals surface area contributed by atoms with Crippen molar-refractivity contribution >= 4 is 33.4 Å². The molecule has 0 fully saturated rings. The molecule has 0 aliphatic rings. The number of nitrogens with one attached hydrogen (secondary N) is 2. The number of esters is 1. The van der Waals surface area contributed by atoms with Crippen molar-refractivity contribution in [3.05, 3.63) is 59.2 Å². The van der Waals surface area contributed by atoms with Crippen LogP contribution < -0.4 is 10.0 Å². The van der Waals surface area contributed by atoms with Gasteiger partial charge in [0.05, 0.1) is 23.6 Å². The van der Waals surface area contributed by atoms with Gasteiger partial charge in [-0.15, -0.1) is 0 Å². The quantitative estimate of drug-likeness (QED) is 0.526. The molecule has 0 heterocycles. The van der Waals surface area contributed by atoms with E-state index in [1.807, 2.05) is 0 Å². The molecule has 0 saturated carbocycles. The van der Waals surface area contributed by atoms with Crippen molar-refractivity contribution in [2.24, 2.45) is 0 Å². The van der Waals surface area contributed by atoms with Gasteiger partial charge in [-0.05, 0) is 50.6 Å². The first-order valence-corrected chi connectivity index (χ1v) is 10.2. The summed E-state index contributed by atoms with van der Waals surface area (Å²) in [6.45, 7) is 4.52. The number of rotatable bonds is 7. The summed E-state index contributed by atoms with van der Waals surface area (Å²) in [5.74, 6) is -1.33. The molecule has 0 aliphatic carbocycles. The van der Waals surface area contributed by atoms with E-state index in [-0.39, 0.29) is 16.2 Å². The molecular formula is C20H22N2O6S. The normalized spacial score (nSPS) is 12.1. The number of ether oxygens (including phenoxy) is 1. The molecule has 0 aromatic heterocycles. The van der Waals surface area contributed by atoms with Crippen LogP contribution in [0.4, 0.5) is 5.69 Å². The smallest absolute Gasteiger partial charge is 0.337 e. The Hall–Kier alpha value is -3.04. The van der Waals surface area contributed by atoms with Crippen molar-refractivity contribution in [3.8, 4) is 0 Å². The monoisotopic (exact) mass is 418 g/mol. The predicted molar refractivity (Wildman–Crippen MR) is 107 cm³/mol. The summed E-state index contributed by atoms with van der Waals surface area (Å²) in [5, 5.41) is 2.61. The summed E-state index contributed by atoms with van der Waals surface area (Å²) >= 11 is 0. The Morgan fingerprint density at radius 1 is 1.00 bits per heavy atom. The van der Waals surface area contributed by atoms with Gasteiger partial charge in [-0.1, -0.05) is 18.2 Å². The van der Waals surface area contributed by atoms with Crippen LogP contribution in [0.3, 0.4) is 0 Å². The summed E-state index contributed by atoms with van der Waals surface area (Å²) in [7, 11) is -2.72. The lowest BCUT2D eigenvalue weighted by atomic mass is 10.1. The van der Waals surface area contributed by atoms with Crippen LogP contribution in [-0.2, 0) is 19.6 Å². The minimum absolute atomic E-state index is 0.0639. The average Bonchev–Trinajstić information content (AvgIpc) is 2.68. The van der Waals surface area contributed by atoms with Gasteiger partial charge in [-0.25, -0.2) is 13.2 Å². The maximum atomic E-state index is 12.5. The number of methoxy groups -OCH3 is 1. The molecular weight excluding hydrogens is 396 g/mol. The van der Waals surface area contributed by atoms with Gasteiger partial charge in [0.25, 0.3) is 0 Å². The molecule has 1 atom stereocenters. The minimum atomic E-state index is -3.97. The van der Waals surface area contributed by atoms with E-state index >= 15 is 0 Å². The fraction of sp³-hybridized carbons (Fsp3) is 0.250. The number of Topliss-reactive ketones (excluding diaryl/α,β-unsaturated/α-hetero) is 1. The molecule has 0 radical (unpaired) electrons. The Balaban J connectivity index is 2.14. The van der Waals surface area contributed by atoms with Crippen LogP contribution in [0.5, 0.6) is 0 Å². The molecule has 8 nitrogen and oxygen atoms in total. The number of benzene rings is 2. The average molecular weight is 418 g/mol. The SMILES string of the molecule is COC(=O)c1ccc(C)c(NC(=O)[C@H](C)NS(=O)(=O)c2ccc(C(C)=O)cc2)c1. The van der Waals surface area contributed by atoms with Gasteiger partial charge in [-0.2, -0.15) is 4.72 Å². The Morgan fingerprint density at radius 3 is 2.14 bits per heavy atom. The second-order valence-corrected chi connectivity index (χ2v) is 8.15. The van der Waals surface area contributed by atoms with Crippen molar-refractivity contribution in [3.63, 3.8) is 0 Å². The van der Waals surface area contributed by atoms with Gasteiger partial charge in [-0.3, -0.25) is 9.59 Å². The molecule has 0 spiro atoms. The molecule has 2 N–H and O–H groups in total. The van der Waals surface area contributed by atoms with E-state index in [0.717, 1.165) is 0 Å². The maximum absolute atomic E-state index is 12.5. The van der Waals surface area contributed by atoms with Crippen LogP contribution in [0.1, 0.15) is 40.1 Å². The number of carbonyl (C=O) groups is 3. The highest BCUT2D eigenvalue weighted by atomic mass is 32.2. The fourth-order valence-electron chi connectivity index (χ4n) is 2.47. The summed E-state index contributed by atoms with van der Waals surface area (Å²) in [6.07, 6.45) is 0. The Labute approximate surface area is 169 Å². The highest BCUT2D eigenvalue weighted by molar-refractivity contribution is 7.89. The number of aryl methyl sites for hydroxylation is 1. The van der Waals surface area contributed by atoms with Crippen LogP contribution in [0.25, 0.3) is 0 Å². The van der Waals surface area contributed by atoms with E-state index in [2.05, 4.69) is 14.8 Å². The van der Waals surface area contributed by atoms with Gasteiger partial charge in [0.1, 0.15) is 0 Å². The van der Waals surface area contributed by atoms with E-state index < -0.39 is 27.9 Å². The number of carbonyl (C=O) groups excluding carboxylic acids is 3. The van der Waals surface area contributed by atoms with Gasteiger partial charge < -0.3 is 10.1 Å². The molecule has 29 heavy (non-hydrogen) atoms. The summed E-state index contributed by atoms with van der Waals surface area (Å²) in [4.78, 5) is 35.4. The van der Waals surface area contributed by atoms with Crippen molar-refractivity contribution in [1.82, 2.24) is 4.72 Å². The number of hydrogen-bond donors (Lipinski definition) is 2. The molecule has 2 aromatic carbocycles. The van der Waals surface area contributed by atoms with Crippen molar-refractivity contribution < 1.29 is 27.5 Å². The third-order valence-corrected chi connectivity index (χ3v) is 5.77. The number of sulfonamides is 1. The molecule has 0 saturated heterocycles. The first-order valence-electron chi connectivity index (χ1n) is 8.68. The molecule has 0 aliphatic heterocycles. The Bertz CT molecular complexity index is 1050. The third kappa shape index (κ3) is 5.49. The first-order chi connectivity index (χ1) is 13.5. The van der Waals surface area contributed by atoms with E-state index in [4.69, 9.17) is 0 Å². The van der Waals surface area contributed by atoms with Gasteiger partial charge >= 0.3 is 5.97 Å². The van der Waals surface area contributed by atoms with E-state index in [0.29, 0.717) is 16.8 Å². The van der Waals surface area contributed by atoms with E-state index in [1.54, 1.807) is 19.1 Å². The number of anilines is 1. The highest BCUT2D eigenvalue weighted by Crippen LogP contribution is 2.18. The predicted octanol–water partition coefficient (Wildman–Crippen LogP) is 2.29. The fourth-order valence-corrected chi connectivity index (χ4v) is 3.67. The summed E-state index contributed by atoms with van der Waals surface area (Å²) in [5.41, 5.74) is 1.71. The minimum Gasteiger partial charge on any atom is -0.465 e. The second-order valence-electron chi connectivity index (χ2n) is 6.43. The van der Waals surface area contributed by atoms with Crippen LogP contribution >= 0.6 is 0 Å². The van der Waals surface area contributed by atoms with Gasteiger partial charge in [0, 0.05) is 11.3 Å². The second kappa shape index (κ2) is 8.97. The van der Waals surface area contributed by atoms with Crippen molar-refractivity contribution in [2.75, 3.05) is 12.4 Å². The van der Waals surface area contributed by atoms with Gasteiger partial charge in [0.2, 0.25) is 15.9 Å². The lowest BCUT2D eigenvalue weighted by Gasteiger charge is -2.16. The lowest BCUT2D eigenvalue weighted by molar-refractivity contribution is -0.117. The number of ketones is 1. The van der Waals surface area contributed by atoms with E-state index in [9.17, 15) is 22.8 Å². The molecule has 9 heteroatoms. The molecule has 154 valence electrons. The van der Waals surface area contributed by atoms with Crippen molar-refractivity contribution in [1.29, 1.82) is 0 Å². The zero-order valence-electron chi connectivity index (χ0n) is 16.5. The number of amides is 1. The molecule has 1 amide bonds. The maximum Gasteiger partial charge on any atom is 0.337 e. The van der Waals surface area contributed by atoms with Crippen molar-refractivity contribution in [2.45, 2.75) is 31.7 Å². The third-order valence-electron chi connectivity index (χ3n) is 4.21. The molecule has 2 aromatic rings. The standard InChI is InChI=1S/C20H22N2O6S/c1-12-5-6-16(20(25)28-4)11-18(12)21-19(24)13(2)22-29(26,27)17-9-7-15(8-10-17)14(3)23/h5-11,13,22H,1-4H3,(H,21,24)/t13-/m0/s1. The van der Waals surface area contributed by atoms with Crippen LogP contribution in [-0.4, -0.2) is 39.2 Å². The highest BCUT2D eigenvalue weighted by Gasteiger charge is 2.23. The molecule has 0 unspecified atom stereocenters. The lowest BCUT2D eigenvalue weighted by Crippen LogP contribution is -2.41.